The van der Waals surface area contributed by atoms with E-state index in [0.717, 1.165) is 49.5 Å². The summed E-state index contributed by atoms with van der Waals surface area (Å²) in [5.41, 5.74) is 1.97. The van der Waals surface area contributed by atoms with Crippen molar-refractivity contribution in [3.63, 3.8) is 0 Å². The van der Waals surface area contributed by atoms with Gasteiger partial charge in [0.25, 0.3) is 5.91 Å². The summed E-state index contributed by atoms with van der Waals surface area (Å²) in [5.74, 6) is -1.48. The van der Waals surface area contributed by atoms with Crippen LogP contribution in [0.3, 0.4) is 0 Å². The maximum atomic E-state index is 12.7. The minimum atomic E-state index is -5.08. The predicted molar refractivity (Wildman–Crippen MR) is 120 cm³/mol. The molecule has 12 heteroatoms. The smallest absolute Gasteiger partial charge is 0.475 e. The second-order valence-corrected chi connectivity index (χ2v) is 9.08. The van der Waals surface area contributed by atoms with Crippen LogP contribution in [0, 0.1) is 13.8 Å². The number of nitrogens with zero attached hydrogens (tertiary/aromatic N) is 5. The zero-order valence-electron chi connectivity index (χ0n) is 20.1. The van der Waals surface area contributed by atoms with E-state index in [9.17, 15) is 18.0 Å². The van der Waals surface area contributed by atoms with Gasteiger partial charge in [-0.15, -0.1) is 5.10 Å². The lowest BCUT2D eigenvalue weighted by Crippen LogP contribution is -2.39. The molecule has 0 atom stereocenters. The molecule has 0 unspecified atom stereocenters. The molecule has 194 valence electrons. The van der Waals surface area contributed by atoms with Gasteiger partial charge in [-0.2, -0.15) is 13.2 Å². The highest BCUT2D eigenvalue weighted by atomic mass is 19.4. The van der Waals surface area contributed by atoms with Gasteiger partial charge in [-0.05, 0) is 58.7 Å². The average molecular weight is 500 g/mol. The van der Waals surface area contributed by atoms with Crippen molar-refractivity contribution < 1.29 is 32.3 Å². The number of hydrogen-bond donors (Lipinski definition) is 1. The molecule has 2 aromatic rings. The SMILES string of the molecule is Cc1cc(C)c(C(=O)N2CCC(n3cc(CN4CCCCCC4)nn3)CC2)o1.O=C(O)C(F)(F)F. The molecule has 2 aromatic heterocycles. The fraction of sp³-hybridized carbons (Fsp3) is 0.652. The van der Waals surface area contributed by atoms with Gasteiger partial charge in [-0.25, -0.2) is 9.48 Å². The van der Waals surface area contributed by atoms with Crippen molar-refractivity contribution in [1.29, 1.82) is 0 Å². The van der Waals surface area contributed by atoms with Gasteiger partial charge in [0, 0.05) is 25.2 Å². The van der Waals surface area contributed by atoms with Gasteiger partial charge in [-0.3, -0.25) is 9.69 Å². The number of carboxylic acids is 1. The molecule has 0 bridgehead atoms. The second kappa shape index (κ2) is 11.7. The third-order valence-corrected chi connectivity index (χ3v) is 6.25. The monoisotopic (exact) mass is 499 g/mol. The third-order valence-electron chi connectivity index (χ3n) is 6.25. The van der Waals surface area contributed by atoms with Crippen molar-refractivity contribution in [1.82, 2.24) is 24.8 Å². The summed E-state index contributed by atoms with van der Waals surface area (Å²) >= 11 is 0. The number of likely N-dealkylation sites (tertiary alicyclic amines) is 2. The van der Waals surface area contributed by atoms with E-state index >= 15 is 0 Å². The highest BCUT2D eigenvalue weighted by Crippen LogP contribution is 2.25. The van der Waals surface area contributed by atoms with Gasteiger partial charge in [-0.1, -0.05) is 18.1 Å². The normalized spacial score (nSPS) is 18.0. The van der Waals surface area contributed by atoms with Crippen molar-refractivity contribution in [3.05, 3.63) is 35.0 Å². The van der Waals surface area contributed by atoms with E-state index in [4.69, 9.17) is 14.3 Å². The summed E-state index contributed by atoms with van der Waals surface area (Å²) < 4.78 is 39.3. The van der Waals surface area contributed by atoms with E-state index in [1.54, 1.807) is 0 Å². The molecular weight excluding hydrogens is 467 g/mol. The van der Waals surface area contributed by atoms with Gasteiger partial charge in [0.05, 0.1) is 17.9 Å². The van der Waals surface area contributed by atoms with Crippen LogP contribution in [0.4, 0.5) is 13.2 Å². The van der Waals surface area contributed by atoms with Crippen LogP contribution in [0.1, 0.15) is 72.1 Å². The van der Waals surface area contributed by atoms with Crippen LogP contribution < -0.4 is 0 Å². The maximum Gasteiger partial charge on any atom is 0.490 e. The number of rotatable bonds is 4. The Morgan fingerprint density at radius 2 is 1.69 bits per heavy atom. The second-order valence-electron chi connectivity index (χ2n) is 9.08. The summed E-state index contributed by atoms with van der Waals surface area (Å²) in [5, 5.41) is 15.9. The number of carbonyl (C=O) groups excluding carboxylic acids is 1. The molecule has 2 aliphatic rings. The van der Waals surface area contributed by atoms with E-state index < -0.39 is 12.1 Å². The molecular formula is C23H32F3N5O4. The Balaban J connectivity index is 0.000000429. The van der Waals surface area contributed by atoms with Gasteiger partial charge in [0.15, 0.2) is 5.76 Å². The highest BCUT2D eigenvalue weighted by Gasteiger charge is 2.38. The first-order chi connectivity index (χ1) is 16.5. The van der Waals surface area contributed by atoms with Crippen molar-refractivity contribution in [2.45, 2.75) is 71.1 Å². The van der Waals surface area contributed by atoms with E-state index in [1.165, 1.54) is 38.8 Å². The molecule has 2 aliphatic heterocycles. The number of furan rings is 1. The number of aliphatic carboxylic acids is 1. The van der Waals surface area contributed by atoms with Crippen molar-refractivity contribution in [2.75, 3.05) is 26.2 Å². The van der Waals surface area contributed by atoms with Crippen LogP contribution in [0.2, 0.25) is 0 Å². The van der Waals surface area contributed by atoms with E-state index in [1.807, 2.05) is 29.5 Å². The van der Waals surface area contributed by atoms with Crippen LogP contribution in [-0.2, 0) is 11.3 Å². The third kappa shape index (κ3) is 7.55. The first-order valence-electron chi connectivity index (χ1n) is 11.8. The number of hydrogen-bond acceptors (Lipinski definition) is 6. The molecule has 0 aliphatic carbocycles. The van der Waals surface area contributed by atoms with Crippen LogP contribution in [-0.4, -0.2) is 74.1 Å². The summed E-state index contributed by atoms with van der Waals surface area (Å²) in [4.78, 5) is 26.0. The summed E-state index contributed by atoms with van der Waals surface area (Å²) in [6.07, 6.45) is 4.08. The number of alkyl halides is 3. The summed E-state index contributed by atoms with van der Waals surface area (Å²) in [7, 11) is 0. The number of aryl methyl sites for hydroxylation is 2. The molecule has 1 N–H and O–H groups in total. The van der Waals surface area contributed by atoms with Gasteiger partial charge >= 0.3 is 12.1 Å². The number of carboxylic acid groups (broad SMARTS) is 1. The Bertz CT molecular complexity index is 988. The summed E-state index contributed by atoms with van der Waals surface area (Å²) in [6, 6.07) is 2.23. The molecule has 0 aromatic carbocycles. The number of piperidine rings is 1. The average Bonchev–Trinajstić information content (AvgIpc) is 3.30. The Morgan fingerprint density at radius 3 is 2.20 bits per heavy atom. The first-order valence-corrected chi connectivity index (χ1v) is 11.8. The molecule has 4 rings (SSSR count). The lowest BCUT2D eigenvalue weighted by Gasteiger charge is -2.31. The Kier molecular flexibility index (Phi) is 8.92. The maximum absolute atomic E-state index is 12.7. The molecule has 2 fully saturated rings. The fourth-order valence-corrected chi connectivity index (χ4v) is 4.42. The molecule has 0 radical (unpaired) electrons. The van der Waals surface area contributed by atoms with Gasteiger partial charge < -0.3 is 14.4 Å². The fourth-order valence-electron chi connectivity index (χ4n) is 4.42. The van der Waals surface area contributed by atoms with E-state index in [0.29, 0.717) is 11.8 Å². The van der Waals surface area contributed by atoms with Crippen LogP contribution in [0.5, 0.6) is 0 Å². The highest BCUT2D eigenvalue weighted by molar-refractivity contribution is 5.93. The predicted octanol–water partition coefficient (Wildman–Crippen LogP) is 3.97. The van der Waals surface area contributed by atoms with Crippen molar-refractivity contribution in [3.8, 4) is 0 Å². The minimum absolute atomic E-state index is 0.00416. The standard InChI is InChI=1S/C21H31N5O2.C2HF3O2/c1-16-13-17(2)28-20(16)21(27)25-11-7-19(8-12-25)26-15-18(22-23-26)14-24-9-5-3-4-6-10-24;3-2(4,5)1(6)7/h13,15,19H,3-12,14H2,1-2H3;(H,6,7). The molecule has 0 spiro atoms. The number of carbonyl (C=O) groups is 2. The first kappa shape index (κ1) is 26.7. The minimum Gasteiger partial charge on any atom is -0.475 e. The van der Waals surface area contributed by atoms with Crippen LogP contribution in [0.25, 0.3) is 0 Å². The van der Waals surface area contributed by atoms with Gasteiger partial charge in [0.1, 0.15) is 5.76 Å². The van der Waals surface area contributed by atoms with Crippen molar-refractivity contribution in [2.24, 2.45) is 0 Å². The Morgan fingerprint density at radius 1 is 1.09 bits per heavy atom. The Hall–Kier alpha value is -2.89. The molecule has 35 heavy (non-hydrogen) atoms. The number of halogens is 3. The van der Waals surface area contributed by atoms with Crippen LogP contribution in [0.15, 0.2) is 16.7 Å². The topological polar surface area (TPSA) is 105 Å². The molecule has 2 saturated heterocycles. The summed E-state index contributed by atoms with van der Waals surface area (Å²) in [6.45, 7) is 8.49. The molecule has 0 saturated carbocycles. The molecule has 4 heterocycles. The largest absolute Gasteiger partial charge is 0.490 e. The van der Waals surface area contributed by atoms with Gasteiger partial charge in [0.2, 0.25) is 0 Å². The Labute approximate surface area is 201 Å². The zero-order valence-corrected chi connectivity index (χ0v) is 20.1. The zero-order chi connectivity index (χ0) is 25.6. The van der Waals surface area contributed by atoms with E-state index in [2.05, 4.69) is 21.4 Å². The molecule has 1 amide bonds. The number of amides is 1. The van der Waals surface area contributed by atoms with Crippen molar-refractivity contribution >= 4 is 11.9 Å². The number of aromatic nitrogens is 3. The van der Waals surface area contributed by atoms with Crippen LogP contribution >= 0.6 is 0 Å². The lowest BCUT2D eigenvalue weighted by atomic mass is 10.0. The quantitative estimate of drug-likeness (QED) is 0.679. The van der Waals surface area contributed by atoms with E-state index in [-0.39, 0.29) is 5.91 Å². The molecule has 9 nitrogen and oxygen atoms in total. The lowest BCUT2D eigenvalue weighted by molar-refractivity contribution is -0.192.